The number of ether oxygens (including phenoxy) is 1. The Morgan fingerprint density at radius 2 is 1.65 bits per heavy atom. The Morgan fingerprint density at radius 1 is 0.882 bits per heavy atom. The van der Waals surface area contributed by atoms with Crippen LogP contribution in [-0.4, -0.2) is 25.5 Å². The van der Waals surface area contributed by atoms with Crippen LogP contribution < -0.4 is 15.7 Å². The van der Waals surface area contributed by atoms with Crippen molar-refractivity contribution in [3.63, 3.8) is 0 Å². The highest BCUT2D eigenvalue weighted by atomic mass is 16.5. The second kappa shape index (κ2) is 9.09. The van der Waals surface area contributed by atoms with Crippen molar-refractivity contribution >= 4 is 16.9 Å². The van der Waals surface area contributed by atoms with Gasteiger partial charge in [-0.25, -0.2) is 14.3 Å². The van der Waals surface area contributed by atoms with Gasteiger partial charge in [0.1, 0.15) is 17.7 Å². The lowest BCUT2D eigenvalue weighted by molar-refractivity contribution is 0.253. The monoisotopic (exact) mass is 450 g/mol. The van der Waals surface area contributed by atoms with Gasteiger partial charge in [0.2, 0.25) is 0 Å². The summed E-state index contributed by atoms with van der Waals surface area (Å²) >= 11 is 0. The van der Waals surface area contributed by atoms with E-state index in [2.05, 4.69) is 16.9 Å². The molecule has 0 saturated carbocycles. The Balaban J connectivity index is 1.57. The van der Waals surface area contributed by atoms with E-state index < -0.39 is 6.23 Å². The van der Waals surface area contributed by atoms with E-state index in [1.165, 1.54) is 6.08 Å². The molecular formula is C27H22N4O3. The highest BCUT2D eigenvalue weighted by molar-refractivity contribution is 5.76. The Bertz CT molecular complexity index is 1510. The second-order valence-electron chi connectivity index (χ2n) is 7.58. The van der Waals surface area contributed by atoms with Crippen LogP contribution in [0.15, 0.2) is 115 Å². The summed E-state index contributed by atoms with van der Waals surface area (Å²) in [5.41, 5.74) is 2.92. The van der Waals surface area contributed by atoms with Crippen molar-refractivity contribution in [2.45, 2.75) is 6.23 Å². The third-order valence-electron chi connectivity index (χ3n) is 5.32. The van der Waals surface area contributed by atoms with Gasteiger partial charge in [-0.2, -0.15) is 0 Å². The van der Waals surface area contributed by atoms with E-state index in [0.29, 0.717) is 34.0 Å². The number of benzene rings is 3. The number of para-hydroxylation sites is 1. The standard InChI is InChI=1S/C27H22N4O3/c1-2-25(32)29-19-8-6-9-21(18-19)30-24-12-7-17-28-26(24)31(27(30)33)20-13-15-23(16-14-20)34-22-10-4-3-5-11-22/h2-18,25,29,32H,1H2. The van der Waals surface area contributed by atoms with E-state index in [1.54, 1.807) is 27.5 Å². The molecule has 1 atom stereocenters. The van der Waals surface area contributed by atoms with Crippen LogP contribution in [0.2, 0.25) is 0 Å². The van der Waals surface area contributed by atoms with E-state index in [1.807, 2.05) is 78.9 Å². The van der Waals surface area contributed by atoms with Gasteiger partial charge < -0.3 is 15.2 Å². The van der Waals surface area contributed by atoms with E-state index in [4.69, 9.17) is 4.74 Å². The topological polar surface area (TPSA) is 81.3 Å². The molecule has 168 valence electrons. The van der Waals surface area contributed by atoms with Crippen molar-refractivity contribution in [1.82, 2.24) is 14.1 Å². The number of hydrogen-bond acceptors (Lipinski definition) is 5. The van der Waals surface area contributed by atoms with Crippen molar-refractivity contribution in [1.29, 1.82) is 0 Å². The minimum atomic E-state index is -0.897. The number of aromatic nitrogens is 3. The number of nitrogens with zero attached hydrogens (tertiary/aromatic N) is 3. The molecule has 3 aromatic carbocycles. The molecule has 7 heteroatoms. The smallest absolute Gasteiger partial charge is 0.339 e. The van der Waals surface area contributed by atoms with E-state index in [0.717, 1.165) is 5.75 Å². The molecule has 1 unspecified atom stereocenters. The first kappa shape index (κ1) is 21.2. The maximum Gasteiger partial charge on any atom is 0.339 e. The molecule has 2 aromatic heterocycles. The largest absolute Gasteiger partial charge is 0.457 e. The van der Waals surface area contributed by atoms with Gasteiger partial charge in [-0.3, -0.25) is 4.57 Å². The van der Waals surface area contributed by atoms with Crippen LogP contribution in [0.4, 0.5) is 5.69 Å². The number of nitrogens with one attached hydrogen (secondary N) is 1. The van der Waals surface area contributed by atoms with Crippen molar-refractivity contribution in [2.75, 3.05) is 5.32 Å². The van der Waals surface area contributed by atoms with E-state index in [-0.39, 0.29) is 5.69 Å². The first-order valence-electron chi connectivity index (χ1n) is 10.7. The van der Waals surface area contributed by atoms with Gasteiger partial charge in [-0.05, 0) is 72.8 Å². The molecule has 2 N–H and O–H groups in total. The zero-order valence-electron chi connectivity index (χ0n) is 18.2. The lowest BCUT2D eigenvalue weighted by Crippen LogP contribution is -2.22. The third kappa shape index (κ3) is 4.07. The summed E-state index contributed by atoms with van der Waals surface area (Å²) < 4.78 is 9.04. The summed E-state index contributed by atoms with van der Waals surface area (Å²) in [7, 11) is 0. The van der Waals surface area contributed by atoms with Crippen molar-refractivity contribution in [2.24, 2.45) is 0 Å². The number of aliphatic hydroxyl groups is 1. The molecule has 0 fully saturated rings. The highest BCUT2D eigenvalue weighted by Crippen LogP contribution is 2.25. The Morgan fingerprint density at radius 3 is 2.41 bits per heavy atom. The first-order chi connectivity index (χ1) is 16.6. The minimum Gasteiger partial charge on any atom is -0.457 e. The zero-order chi connectivity index (χ0) is 23.5. The summed E-state index contributed by atoms with van der Waals surface area (Å²) in [5.74, 6) is 1.40. The van der Waals surface area contributed by atoms with Crippen molar-refractivity contribution in [3.8, 4) is 22.9 Å². The number of anilines is 1. The minimum absolute atomic E-state index is 0.258. The lowest BCUT2D eigenvalue weighted by atomic mass is 10.2. The van der Waals surface area contributed by atoms with Crippen LogP contribution in [0.5, 0.6) is 11.5 Å². The first-order valence-corrected chi connectivity index (χ1v) is 10.7. The van der Waals surface area contributed by atoms with Crippen molar-refractivity contribution in [3.05, 3.63) is 120 Å². The Kier molecular flexibility index (Phi) is 5.68. The van der Waals surface area contributed by atoms with Crippen LogP contribution in [0, 0.1) is 0 Å². The van der Waals surface area contributed by atoms with Crippen molar-refractivity contribution < 1.29 is 9.84 Å². The van der Waals surface area contributed by atoms with Gasteiger partial charge in [-0.1, -0.05) is 30.8 Å². The molecular weight excluding hydrogens is 428 g/mol. The number of fused-ring (bicyclic) bond motifs is 1. The lowest BCUT2D eigenvalue weighted by Gasteiger charge is -2.11. The second-order valence-corrected chi connectivity index (χ2v) is 7.58. The molecule has 0 saturated heterocycles. The molecule has 0 aliphatic rings. The van der Waals surface area contributed by atoms with Crippen LogP contribution >= 0.6 is 0 Å². The number of rotatable bonds is 7. The van der Waals surface area contributed by atoms with Crippen LogP contribution in [0.1, 0.15) is 0 Å². The molecule has 0 radical (unpaired) electrons. The maximum atomic E-state index is 13.6. The number of aliphatic hydroxyl groups excluding tert-OH is 1. The number of hydrogen-bond donors (Lipinski definition) is 2. The predicted molar refractivity (Wildman–Crippen MR) is 133 cm³/mol. The predicted octanol–water partition coefficient (Wildman–Crippen LogP) is 4.89. The molecule has 0 spiro atoms. The third-order valence-corrected chi connectivity index (χ3v) is 5.32. The summed E-state index contributed by atoms with van der Waals surface area (Å²) in [6.07, 6.45) is 2.15. The number of imidazole rings is 1. The van der Waals surface area contributed by atoms with Gasteiger partial charge in [0.25, 0.3) is 0 Å². The fraction of sp³-hybridized carbons (Fsp3) is 0.0370. The highest BCUT2D eigenvalue weighted by Gasteiger charge is 2.17. The SMILES string of the molecule is C=CC(O)Nc1cccc(-n2c(=O)n(-c3ccc(Oc4ccccc4)cc3)c3ncccc32)c1. The Labute approximate surface area is 195 Å². The fourth-order valence-electron chi connectivity index (χ4n) is 3.76. The van der Waals surface area contributed by atoms with E-state index in [9.17, 15) is 9.90 Å². The van der Waals surface area contributed by atoms with Gasteiger partial charge in [0, 0.05) is 11.9 Å². The summed E-state index contributed by atoms with van der Waals surface area (Å²) in [6, 6.07) is 27.7. The number of pyridine rings is 1. The van der Waals surface area contributed by atoms with Gasteiger partial charge in [0.05, 0.1) is 16.9 Å². The molecule has 0 amide bonds. The quantitative estimate of drug-likeness (QED) is 0.273. The molecule has 0 aliphatic heterocycles. The average Bonchev–Trinajstić information content (AvgIpc) is 3.17. The van der Waals surface area contributed by atoms with Crippen LogP contribution in [0.3, 0.4) is 0 Å². The van der Waals surface area contributed by atoms with Crippen LogP contribution in [0.25, 0.3) is 22.5 Å². The molecule has 5 aromatic rings. The molecule has 34 heavy (non-hydrogen) atoms. The maximum absolute atomic E-state index is 13.6. The van der Waals surface area contributed by atoms with E-state index >= 15 is 0 Å². The summed E-state index contributed by atoms with van der Waals surface area (Å²) in [5, 5.41) is 12.8. The summed E-state index contributed by atoms with van der Waals surface area (Å²) in [4.78, 5) is 18.1. The van der Waals surface area contributed by atoms with Gasteiger partial charge in [0.15, 0.2) is 5.65 Å². The molecule has 2 heterocycles. The summed E-state index contributed by atoms with van der Waals surface area (Å²) in [6.45, 7) is 3.57. The zero-order valence-corrected chi connectivity index (χ0v) is 18.2. The van der Waals surface area contributed by atoms with Gasteiger partial charge in [-0.15, -0.1) is 0 Å². The molecule has 0 aliphatic carbocycles. The molecule has 0 bridgehead atoms. The average molecular weight is 450 g/mol. The van der Waals surface area contributed by atoms with Gasteiger partial charge >= 0.3 is 5.69 Å². The normalized spacial score (nSPS) is 11.8. The molecule has 5 rings (SSSR count). The van der Waals surface area contributed by atoms with Crippen LogP contribution in [-0.2, 0) is 0 Å². The fourth-order valence-corrected chi connectivity index (χ4v) is 3.76. The Hall–Kier alpha value is -4.62. The molecule has 7 nitrogen and oxygen atoms in total.